The minimum atomic E-state index is -1.29. The van der Waals surface area contributed by atoms with Crippen molar-refractivity contribution in [3.05, 3.63) is 23.8 Å². The molecule has 1 N–H and O–H groups in total. The first-order valence-corrected chi connectivity index (χ1v) is 7.42. The quantitative estimate of drug-likeness (QED) is 0.567. The van der Waals surface area contributed by atoms with Crippen LogP contribution in [-0.2, 0) is 9.59 Å². The molecule has 1 saturated heterocycles. The number of ether oxygens (including phenoxy) is 2. The van der Waals surface area contributed by atoms with E-state index in [1.54, 1.807) is 25.3 Å². The predicted molar refractivity (Wildman–Crippen MR) is 83.7 cm³/mol. The van der Waals surface area contributed by atoms with E-state index in [2.05, 4.69) is 15.5 Å². The minimum Gasteiger partial charge on any atom is -0.550 e. The first-order chi connectivity index (χ1) is 11.0. The number of carbonyl (C=O) groups is 2. The van der Waals surface area contributed by atoms with E-state index in [0.29, 0.717) is 17.1 Å². The summed E-state index contributed by atoms with van der Waals surface area (Å²) < 4.78 is 10.3. The number of aliphatic carboxylic acids is 1. The van der Waals surface area contributed by atoms with Crippen molar-refractivity contribution in [1.82, 2.24) is 5.32 Å². The fraction of sp³-hybridized carbons (Fsp3) is 0.286. The Morgan fingerprint density at radius 2 is 2.22 bits per heavy atom. The van der Waals surface area contributed by atoms with Crippen molar-refractivity contribution >= 4 is 35.0 Å². The molecule has 0 spiro atoms. The number of methoxy groups -OCH3 is 2. The minimum absolute atomic E-state index is 0.241. The molecule has 9 heteroatoms. The zero-order valence-electron chi connectivity index (χ0n) is 12.4. The lowest BCUT2D eigenvalue weighted by molar-refractivity contribution is -0.305. The van der Waals surface area contributed by atoms with E-state index in [1.165, 1.54) is 13.3 Å². The van der Waals surface area contributed by atoms with Crippen LogP contribution in [-0.4, -0.2) is 42.7 Å². The van der Waals surface area contributed by atoms with Crippen molar-refractivity contribution in [2.24, 2.45) is 10.2 Å². The molecule has 2 rings (SSSR count). The summed E-state index contributed by atoms with van der Waals surface area (Å²) in [5, 5.41) is 20.2. The Labute approximate surface area is 136 Å². The number of benzene rings is 1. The fourth-order valence-electron chi connectivity index (χ4n) is 1.81. The molecule has 1 amide bonds. The van der Waals surface area contributed by atoms with Gasteiger partial charge in [-0.15, -0.1) is 5.10 Å². The number of hydrogen-bond acceptors (Lipinski definition) is 8. The lowest BCUT2D eigenvalue weighted by Crippen LogP contribution is -2.31. The maximum Gasteiger partial charge on any atom is 0.239 e. The lowest BCUT2D eigenvalue weighted by atomic mass is 10.2. The Balaban J connectivity index is 2.07. The Hall–Kier alpha value is -2.55. The summed E-state index contributed by atoms with van der Waals surface area (Å²) in [6.45, 7) is 0. The van der Waals surface area contributed by atoms with Gasteiger partial charge in [0.25, 0.3) is 0 Å². The molecular weight excluding hydrogens is 322 g/mol. The molecule has 0 aromatic heterocycles. The van der Waals surface area contributed by atoms with Crippen LogP contribution in [0.15, 0.2) is 28.4 Å². The Morgan fingerprint density at radius 1 is 1.43 bits per heavy atom. The molecule has 0 saturated carbocycles. The summed E-state index contributed by atoms with van der Waals surface area (Å²) in [7, 11) is 3.08. The average molecular weight is 336 g/mol. The third-order valence-corrected chi connectivity index (χ3v) is 3.99. The van der Waals surface area contributed by atoms with Crippen molar-refractivity contribution in [3.63, 3.8) is 0 Å². The van der Waals surface area contributed by atoms with Crippen LogP contribution in [0.2, 0.25) is 0 Å². The van der Waals surface area contributed by atoms with Crippen molar-refractivity contribution in [2.75, 3.05) is 14.2 Å². The average Bonchev–Trinajstić information content (AvgIpc) is 2.86. The normalized spacial score (nSPS) is 19.1. The maximum atomic E-state index is 11.5. The number of carboxylic acids is 1. The first-order valence-electron chi connectivity index (χ1n) is 6.54. The first kappa shape index (κ1) is 16.8. The number of thioether (sulfide) groups is 1. The van der Waals surface area contributed by atoms with Crippen LogP contribution in [0.5, 0.6) is 11.5 Å². The van der Waals surface area contributed by atoms with E-state index in [9.17, 15) is 14.7 Å². The summed E-state index contributed by atoms with van der Waals surface area (Å²) in [4.78, 5) is 22.1. The van der Waals surface area contributed by atoms with Gasteiger partial charge in [0.05, 0.1) is 25.7 Å². The molecule has 1 heterocycles. The second kappa shape index (κ2) is 7.63. The monoisotopic (exact) mass is 336 g/mol. The molecule has 0 unspecified atom stereocenters. The van der Waals surface area contributed by atoms with Crippen LogP contribution in [0.4, 0.5) is 0 Å². The summed E-state index contributed by atoms with van der Waals surface area (Å²) >= 11 is 1.00. The van der Waals surface area contributed by atoms with Crippen LogP contribution >= 0.6 is 11.8 Å². The van der Waals surface area contributed by atoms with Gasteiger partial charge in [-0.3, -0.25) is 4.79 Å². The van der Waals surface area contributed by atoms with Gasteiger partial charge in [-0.2, -0.15) is 5.10 Å². The van der Waals surface area contributed by atoms with Crippen LogP contribution in [0, 0.1) is 0 Å². The molecule has 1 aromatic carbocycles. The molecule has 0 aliphatic carbocycles. The summed E-state index contributed by atoms with van der Waals surface area (Å²) in [5.74, 6) is -0.499. The van der Waals surface area contributed by atoms with Gasteiger partial charge in [-0.1, -0.05) is 11.8 Å². The Bertz CT molecular complexity index is 674. The van der Waals surface area contributed by atoms with Gasteiger partial charge < -0.3 is 24.7 Å². The van der Waals surface area contributed by atoms with Crippen molar-refractivity contribution in [2.45, 2.75) is 11.7 Å². The van der Waals surface area contributed by atoms with E-state index >= 15 is 0 Å². The standard InChI is InChI=1S/C14H15N3O5S/c1-21-9-4-3-8(10(5-9)22-2)7-15-17-14-16-13(20)11(23-14)6-12(18)19/h3-5,7,11H,6H2,1-2H3,(H,18,19)(H,16,17,20)/p-1/b15-7-/t11-/m1/s1. The van der Waals surface area contributed by atoms with Gasteiger partial charge in [-0.25, -0.2) is 0 Å². The van der Waals surface area contributed by atoms with Gasteiger partial charge in [0.1, 0.15) is 11.5 Å². The van der Waals surface area contributed by atoms with Crippen LogP contribution in [0.25, 0.3) is 0 Å². The van der Waals surface area contributed by atoms with Gasteiger partial charge >= 0.3 is 0 Å². The van der Waals surface area contributed by atoms with Gasteiger partial charge in [0.2, 0.25) is 5.91 Å². The van der Waals surface area contributed by atoms with Crippen LogP contribution in [0.1, 0.15) is 12.0 Å². The third-order valence-electron chi connectivity index (χ3n) is 2.91. The van der Waals surface area contributed by atoms with E-state index in [4.69, 9.17) is 9.47 Å². The highest BCUT2D eigenvalue weighted by atomic mass is 32.2. The van der Waals surface area contributed by atoms with E-state index in [0.717, 1.165) is 11.8 Å². The molecule has 23 heavy (non-hydrogen) atoms. The lowest BCUT2D eigenvalue weighted by Gasteiger charge is -2.06. The molecule has 8 nitrogen and oxygen atoms in total. The molecule has 1 aromatic rings. The molecule has 1 atom stereocenters. The summed E-state index contributed by atoms with van der Waals surface area (Å²) in [6, 6.07) is 5.20. The predicted octanol–water partition coefficient (Wildman–Crippen LogP) is -0.235. The zero-order chi connectivity index (χ0) is 16.8. The molecule has 122 valence electrons. The highest BCUT2D eigenvalue weighted by molar-refractivity contribution is 8.15. The number of hydrogen-bond donors (Lipinski definition) is 1. The number of nitrogens with zero attached hydrogens (tertiary/aromatic N) is 2. The second-order valence-electron chi connectivity index (χ2n) is 4.43. The number of amidine groups is 1. The number of amides is 1. The van der Waals surface area contributed by atoms with E-state index in [1.807, 2.05) is 0 Å². The van der Waals surface area contributed by atoms with Crippen LogP contribution < -0.4 is 19.9 Å². The van der Waals surface area contributed by atoms with E-state index < -0.39 is 17.1 Å². The van der Waals surface area contributed by atoms with Crippen molar-refractivity contribution in [1.29, 1.82) is 0 Å². The highest BCUT2D eigenvalue weighted by Gasteiger charge is 2.30. The fourth-order valence-corrected chi connectivity index (χ4v) is 2.72. The van der Waals surface area contributed by atoms with Crippen molar-refractivity contribution < 1.29 is 24.2 Å². The van der Waals surface area contributed by atoms with Crippen LogP contribution in [0.3, 0.4) is 0 Å². The number of carbonyl (C=O) groups excluding carboxylic acids is 2. The molecule has 1 aliphatic heterocycles. The molecule has 0 radical (unpaired) electrons. The summed E-state index contributed by atoms with van der Waals surface area (Å²) in [6.07, 6.45) is 1.09. The molecule has 0 bridgehead atoms. The highest BCUT2D eigenvalue weighted by Crippen LogP contribution is 2.24. The molecular formula is C14H14N3O5S-. The maximum absolute atomic E-state index is 11.5. The second-order valence-corrected chi connectivity index (χ2v) is 5.62. The van der Waals surface area contributed by atoms with Gasteiger partial charge in [-0.05, 0) is 12.1 Å². The molecule has 1 fully saturated rings. The summed E-state index contributed by atoms with van der Waals surface area (Å²) in [5.41, 5.74) is 0.679. The number of carboxylic acid groups (broad SMARTS) is 1. The van der Waals surface area contributed by atoms with Gasteiger partial charge in [0.15, 0.2) is 5.17 Å². The third kappa shape index (κ3) is 4.46. The Kier molecular flexibility index (Phi) is 5.58. The van der Waals surface area contributed by atoms with Crippen molar-refractivity contribution in [3.8, 4) is 11.5 Å². The largest absolute Gasteiger partial charge is 0.550 e. The number of rotatable bonds is 6. The SMILES string of the molecule is COc1ccc(/C=N\N=C2\NC(=O)[C@@H](CC(=O)[O-])S2)c(OC)c1. The van der Waals surface area contributed by atoms with Gasteiger partial charge in [0, 0.05) is 24.0 Å². The topological polar surface area (TPSA) is 112 Å². The Morgan fingerprint density at radius 3 is 2.87 bits per heavy atom. The zero-order valence-corrected chi connectivity index (χ0v) is 13.3. The molecule has 1 aliphatic rings. The number of nitrogens with one attached hydrogen (secondary N) is 1. The smallest absolute Gasteiger partial charge is 0.239 e. The van der Waals surface area contributed by atoms with E-state index in [-0.39, 0.29) is 11.6 Å².